The predicted molar refractivity (Wildman–Crippen MR) is 74.0 cm³/mol. The fourth-order valence-corrected chi connectivity index (χ4v) is 2.57. The summed E-state index contributed by atoms with van der Waals surface area (Å²) in [6, 6.07) is 7.59. The quantitative estimate of drug-likeness (QED) is 0.893. The van der Waals surface area contributed by atoms with Gasteiger partial charge >= 0.3 is 0 Å². The number of carbonyl (C=O) groups is 1. The molecular weight excluding hydrogens is 254 g/mol. The van der Waals surface area contributed by atoms with Crippen LogP contribution >= 0.6 is 0 Å². The van der Waals surface area contributed by atoms with E-state index in [1.54, 1.807) is 12.1 Å². The normalized spacial score (nSPS) is 16.0. The van der Waals surface area contributed by atoms with Gasteiger partial charge in [-0.1, -0.05) is 31.4 Å². The number of hydrogen-bond acceptors (Lipinski definition) is 4. The number of rotatable bonds is 3. The molecule has 0 spiro atoms. The van der Waals surface area contributed by atoms with Crippen molar-refractivity contribution in [3.63, 3.8) is 0 Å². The fourth-order valence-electron chi connectivity index (χ4n) is 2.57. The van der Waals surface area contributed by atoms with E-state index in [-0.39, 0.29) is 5.91 Å². The lowest BCUT2D eigenvalue weighted by Gasteiger charge is -2.22. The van der Waals surface area contributed by atoms with Crippen LogP contribution in [0.2, 0.25) is 0 Å². The first-order chi connectivity index (χ1) is 9.83. The van der Waals surface area contributed by atoms with E-state index < -0.39 is 0 Å². The van der Waals surface area contributed by atoms with E-state index in [0.717, 1.165) is 18.4 Å². The molecular formula is C14H17N5O. The van der Waals surface area contributed by atoms with Crippen molar-refractivity contribution in [2.24, 2.45) is 0 Å². The smallest absolute Gasteiger partial charge is 0.251 e. The molecule has 2 aromatic rings. The molecule has 0 saturated heterocycles. The van der Waals surface area contributed by atoms with Crippen LogP contribution in [-0.2, 0) is 0 Å². The predicted octanol–water partition coefficient (Wildman–Crippen LogP) is 1.93. The van der Waals surface area contributed by atoms with Gasteiger partial charge in [0.25, 0.3) is 5.91 Å². The molecule has 0 atom stereocenters. The Morgan fingerprint density at radius 1 is 1.15 bits per heavy atom. The number of tetrazole rings is 1. The molecule has 3 rings (SSSR count). The van der Waals surface area contributed by atoms with Crippen molar-refractivity contribution < 1.29 is 4.79 Å². The molecule has 1 fully saturated rings. The van der Waals surface area contributed by atoms with Gasteiger partial charge in [-0.25, -0.2) is 0 Å². The largest absolute Gasteiger partial charge is 0.349 e. The average Bonchev–Trinajstić information content (AvgIpc) is 3.03. The van der Waals surface area contributed by atoms with Crippen LogP contribution in [0.25, 0.3) is 11.4 Å². The highest BCUT2D eigenvalue weighted by Crippen LogP contribution is 2.18. The number of aromatic amines is 1. The topological polar surface area (TPSA) is 83.6 Å². The van der Waals surface area contributed by atoms with Crippen LogP contribution in [0.1, 0.15) is 42.5 Å². The molecule has 1 aliphatic carbocycles. The number of aromatic nitrogens is 4. The summed E-state index contributed by atoms with van der Waals surface area (Å²) in [4.78, 5) is 12.1. The number of benzene rings is 1. The molecule has 2 N–H and O–H groups in total. The molecule has 1 aliphatic rings. The molecule has 6 nitrogen and oxygen atoms in total. The van der Waals surface area contributed by atoms with E-state index in [4.69, 9.17) is 0 Å². The summed E-state index contributed by atoms with van der Waals surface area (Å²) in [6.07, 6.45) is 5.88. The molecule has 6 heteroatoms. The lowest BCUT2D eigenvalue weighted by molar-refractivity contribution is 0.0928. The molecule has 20 heavy (non-hydrogen) atoms. The third-order valence-corrected chi connectivity index (χ3v) is 3.69. The van der Waals surface area contributed by atoms with E-state index >= 15 is 0 Å². The van der Waals surface area contributed by atoms with E-state index in [9.17, 15) is 4.79 Å². The lowest BCUT2D eigenvalue weighted by atomic mass is 9.95. The van der Waals surface area contributed by atoms with Crippen LogP contribution in [0, 0.1) is 0 Å². The Morgan fingerprint density at radius 3 is 2.55 bits per heavy atom. The number of amides is 1. The Balaban J connectivity index is 1.66. The number of hydrogen-bond donors (Lipinski definition) is 2. The number of nitrogens with zero attached hydrogens (tertiary/aromatic N) is 3. The van der Waals surface area contributed by atoms with Crippen molar-refractivity contribution >= 4 is 5.91 Å². The molecule has 1 aromatic heterocycles. The van der Waals surface area contributed by atoms with Crippen molar-refractivity contribution in [2.75, 3.05) is 0 Å². The van der Waals surface area contributed by atoms with Crippen molar-refractivity contribution in [3.8, 4) is 11.4 Å². The van der Waals surface area contributed by atoms with E-state index in [2.05, 4.69) is 25.9 Å². The summed E-state index contributed by atoms with van der Waals surface area (Å²) >= 11 is 0. The second kappa shape index (κ2) is 5.81. The Hall–Kier alpha value is -2.24. The van der Waals surface area contributed by atoms with Gasteiger partial charge in [0.2, 0.25) is 5.82 Å². The molecule has 0 radical (unpaired) electrons. The average molecular weight is 271 g/mol. The van der Waals surface area contributed by atoms with Gasteiger partial charge in [0.05, 0.1) is 0 Å². The highest BCUT2D eigenvalue weighted by molar-refractivity contribution is 5.94. The molecule has 1 saturated carbocycles. The summed E-state index contributed by atoms with van der Waals surface area (Å²) in [7, 11) is 0. The minimum absolute atomic E-state index is 0.00318. The summed E-state index contributed by atoms with van der Waals surface area (Å²) in [5, 5.41) is 16.8. The van der Waals surface area contributed by atoms with Crippen molar-refractivity contribution in [1.29, 1.82) is 0 Å². The Bertz CT molecular complexity index is 558. The molecule has 104 valence electrons. The van der Waals surface area contributed by atoms with Crippen LogP contribution in [0.3, 0.4) is 0 Å². The molecule has 1 heterocycles. The first kappa shape index (κ1) is 12.8. The first-order valence-electron chi connectivity index (χ1n) is 6.98. The van der Waals surface area contributed by atoms with Gasteiger partial charge in [-0.3, -0.25) is 4.79 Å². The van der Waals surface area contributed by atoms with Crippen LogP contribution in [0.15, 0.2) is 24.3 Å². The van der Waals surface area contributed by atoms with Crippen LogP contribution in [0.5, 0.6) is 0 Å². The third kappa shape index (κ3) is 2.84. The third-order valence-electron chi connectivity index (χ3n) is 3.69. The number of carbonyl (C=O) groups excluding carboxylic acids is 1. The van der Waals surface area contributed by atoms with Crippen molar-refractivity contribution in [1.82, 2.24) is 25.9 Å². The zero-order chi connectivity index (χ0) is 13.8. The lowest BCUT2D eigenvalue weighted by Crippen LogP contribution is -2.36. The standard InChI is InChI=1S/C14H17N5O/c20-14(15-12-4-2-1-3-5-12)11-8-6-10(7-9-11)13-16-18-19-17-13/h6-9,12H,1-5H2,(H,15,20)(H,16,17,18,19). The van der Waals surface area contributed by atoms with Gasteiger partial charge in [-0.2, -0.15) is 5.21 Å². The summed E-state index contributed by atoms with van der Waals surface area (Å²) in [5.74, 6) is 0.529. The second-order valence-corrected chi connectivity index (χ2v) is 5.12. The molecule has 0 bridgehead atoms. The van der Waals surface area contributed by atoms with Gasteiger partial charge in [0.1, 0.15) is 0 Å². The van der Waals surface area contributed by atoms with Gasteiger partial charge in [-0.15, -0.1) is 10.2 Å². The molecule has 0 aliphatic heterocycles. The number of nitrogens with one attached hydrogen (secondary N) is 2. The Labute approximate surface area is 117 Å². The zero-order valence-corrected chi connectivity index (χ0v) is 11.2. The Morgan fingerprint density at radius 2 is 1.90 bits per heavy atom. The Kier molecular flexibility index (Phi) is 3.71. The molecule has 1 aromatic carbocycles. The minimum Gasteiger partial charge on any atom is -0.349 e. The monoisotopic (exact) mass is 271 g/mol. The second-order valence-electron chi connectivity index (χ2n) is 5.12. The summed E-state index contributed by atoms with van der Waals surface area (Å²) in [5.41, 5.74) is 1.51. The highest BCUT2D eigenvalue weighted by Gasteiger charge is 2.16. The van der Waals surface area contributed by atoms with Gasteiger partial charge < -0.3 is 5.32 Å². The number of H-pyrrole nitrogens is 1. The summed E-state index contributed by atoms with van der Waals surface area (Å²) < 4.78 is 0. The van der Waals surface area contributed by atoms with Gasteiger partial charge in [0.15, 0.2) is 0 Å². The fraction of sp³-hybridized carbons (Fsp3) is 0.429. The van der Waals surface area contributed by atoms with E-state index in [0.29, 0.717) is 17.4 Å². The summed E-state index contributed by atoms with van der Waals surface area (Å²) in [6.45, 7) is 0. The first-order valence-corrected chi connectivity index (χ1v) is 6.98. The van der Waals surface area contributed by atoms with Crippen LogP contribution in [0.4, 0.5) is 0 Å². The van der Waals surface area contributed by atoms with Gasteiger partial charge in [-0.05, 0) is 30.2 Å². The van der Waals surface area contributed by atoms with E-state index in [1.165, 1.54) is 19.3 Å². The highest BCUT2D eigenvalue weighted by atomic mass is 16.1. The van der Waals surface area contributed by atoms with Crippen LogP contribution < -0.4 is 5.32 Å². The van der Waals surface area contributed by atoms with Crippen LogP contribution in [-0.4, -0.2) is 32.6 Å². The molecule has 0 unspecified atom stereocenters. The van der Waals surface area contributed by atoms with Crippen molar-refractivity contribution in [3.05, 3.63) is 29.8 Å². The van der Waals surface area contributed by atoms with E-state index in [1.807, 2.05) is 12.1 Å². The SMILES string of the molecule is O=C(NC1CCCCC1)c1ccc(-c2nn[nH]n2)cc1. The minimum atomic E-state index is -0.00318. The molecule has 1 amide bonds. The van der Waals surface area contributed by atoms with Gasteiger partial charge in [0, 0.05) is 17.2 Å². The van der Waals surface area contributed by atoms with Crippen molar-refractivity contribution in [2.45, 2.75) is 38.1 Å². The maximum atomic E-state index is 12.1. The maximum Gasteiger partial charge on any atom is 0.251 e. The maximum absolute atomic E-state index is 12.1. The zero-order valence-electron chi connectivity index (χ0n) is 11.2.